The highest BCUT2D eigenvalue weighted by Crippen LogP contribution is 2.07. The van der Waals surface area contributed by atoms with Gasteiger partial charge in [-0.25, -0.2) is 9.59 Å². The lowest BCUT2D eigenvalue weighted by Crippen LogP contribution is -2.10. The second-order valence-electron chi connectivity index (χ2n) is 4.39. The zero-order valence-corrected chi connectivity index (χ0v) is 18.1. The number of nitrogens with zero attached hydrogens (tertiary/aromatic N) is 4. The van der Waals surface area contributed by atoms with Crippen molar-refractivity contribution in [1.29, 1.82) is 0 Å². The van der Waals surface area contributed by atoms with E-state index in [0.29, 0.717) is 24.6 Å². The third-order valence-electron chi connectivity index (χ3n) is 2.64. The molecule has 2 aromatic heterocycles. The molecule has 2 rings (SSSR count). The molecule has 0 unspecified atom stereocenters. The average molecular weight is 560 g/mol. The number of ether oxygens (including phenoxy) is 2. The number of halogens is 2. The molecule has 8 nitrogen and oxygen atoms in total. The minimum absolute atomic E-state index is 0.324. The maximum Gasteiger partial charge on any atom is 0.358 e. The van der Waals surface area contributed by atoms with Gasteiger partial charge in [-0.1, -0.05) is 0 Å². The molecule has 0 bridgehead atoms. The zero-order chi connectivity index (χ0) is 18.3. The van der Waals surface area contributed by atoms with Crippen molar-refractivity contribution in [2.45, 2.75) is 13.8 Å². The quantitative estimate of drug-likeness (QED) is 0.422. The Hall–Kier alpha value is -1.18. The number of aryl methyl sites for hydroxylation is 2. The average Bonchev–Trinajstić information content (AvgIpc) is 3.02. The molecule has 2 heterocycles. The topological polar surface area (TPSA) is 88.2 Å². The van der Waals surface area contributed by atoms with E-state index in [9.17, 15) is 9.59 Å². The Morgan fingerprint density at radius 3 is 2.00 bits per heavy atom. The standard InChI is InChI=1S/2C7H9IN2O2/c1-3-12-7(11)5-4-6(8)9-10(5)2;1-3-12-7(11)5-4-6(8)10(2)9-5/h2*4H,3H2,1-2H3. The SMILES string of the molecule is CCOC(=O)c1cc(I)n(C)n1.CCOC(=O)c1cc(I)nn1C. The van der Waals surface area contributed by atoms with E-state index >= 15 is 0 Å². The molecular formula is C14H18I2N4O4. The van der Waals surface area contributed by atoms with Crippen molar-refractivity contribution >= 4 is 57.1 Å². The molecule has 10 heteroatoms. The first-order valence-corrected chi connectivity index (χ1v) is 9.19. The summed E-state index contributed by atoms with van der Waals surface area (Å²) >= 11 is 4.15. The largest absolute Gasteiger partial charge is 0.461 e. The summed E-state index contributed by atoms with van der Waals surface area (Å²) in [6, 6.07) is 3.39. The molecule has 0 fully saturated rings. The Bertz CT molecular complexity index is 692. The maximum atomic E-state index is 11.2. The van der Waals surface area contributed by atoms with Crippen LogP contribution in [-0.4, -0.2) is 44.7 Å². The van der Waals surface area contributed by atoms with Gasteiger partial charge < -0.3 is 9.47 Å². The highest BCUT2D eigenvalue weighted by atomic mass is 127. The van der Waals surface area contributed by atoms with Crippen molar-refractivity contribution in [2.75, 3.05) is 13.2 Å². The Balaban J connectivity index is 0.000000240. The van der Waals surface area contributed by atoms with E-state index in [1.165, 1.54) is 4.68 Å². The lowest BCUT2D eigenvalue weighted by molar-refractivity contribution is 0.0506. The molecule has 0 atom stereocenters. The van der Waals surface area contributed by atoms with Crippen molar-refractivity contribution in [3.05, 3.63) is 30.9 Å². The molecule has 0 aliphatic rings. The van der Waals surface area contributed by atoms with Crippen molar-refractivity contribution < 1.29 is 19.1 Å². The van der Waals surface area contributed by atoms with Gasteiger partial charge >= 0.3 is 11.9 Å². The van der Waals surface area contributed by atoms with Crippen LogP contribution >= 0.6 is 45.2 Å². The third kappa shape index (κ3) is 6.03. The Morgan fingerprint density at radius 1 is 1.00 bits per heavy atom. The van der Waals surface area contributed by atoms with Crippen LogP contribution in [0.15, 0.2) is 12.1 Å². The molecule has 2 aromatic rings. The molecular weight excluding hydrogens is 542 g/mol. The van der Waals surface area contributed by atoms with Gasteiger partial charge in [0.2, 0.25) is 0 Å². The van der Waals surface area contributed by atoms with Crippen molar-refractivity contribution in [1.82, 2.24) is 19.6 Å². The number of carbonyl (C=O) groups excluding carboxylic acids is 2. The van der Waals surface area contributed by atoms with Crippen molar-refractivity contribution in [3.63, 3.8) is 0 Å². The van der Waals surface area contributed by atoms with Gasteiger partial charge in [0.25, 0.3) is 0 Å². The molecule has 24 heavy (non-hydrogen) atoms. The second-order valence-corrected chi connectivity index (χ2v) is 6.60. The molecule has 132 valence electrons. The van der Waals surface area contributed by atoms with Crippen LogP contribution < -0.4 is 0 Å². The maximum absolute atomic E-state index is 11.2. The lowest BCUT2D eigenvalue weighted by Gasteiger charge is -1.99. The molecule has 0 amide bonds. The number of aromatic nitrogens is 4. The Labute approximate surface area is 167 Å². The highest BCUT2D eigenvalue weighted by Gasteiger charge is 2.12. The van der Waals surface area contributed by atoms with E-state index in [0.717, 1.165) is 7.40 Å². The number of hydrogen-bond acceptors (Lipinski definition) is 6. The molecule has 0 spiro atoms. The fraction of sp³-hybridized carbons (Fsp3) is 0.429. The fourth-order valence-electron chi connectivity index (χ4n) is 1.58. The van der Waals surface area contributed by atoms with Gasteiger partial charge in [-0.15, -0.1) is 0 Å². The van der Waals surface area contributed by atoms with E-state index in [-0.39, 0.29) is 11.9 Å². The first-order chi connectivity index (χ1) is 11.3. The summed E-state index contributed by atoms with van der Waals surface area (Å²) in [5.74, 6) is -0.688. The first-order valence-electron chi connectivity index (χ1n) is 7.03. The zero-order valence-electron chi connectivity index (χ0n) is 13.7. The van der Waals surface area contributed by atoms with Crippen LogP contribution in [0.2, 0.25) is 0 Å². The van der Waals surface area contributed by atoms with Crippen LogP contribution in [-0.2, 0) is 23.6 Å². The van der Waals surface area contributed by atoms with Gasteiger partial charge in [0, 0.05) is 26.2 Å². The number of esters is 2. The molecule has 0 aliphatic carbocycles. The predicted molar refractivity (Wildman–Crippen MR) is 104 cm³/mol. The van der Waals surface area contributed by atoms with Gasteiger partial charge in [0.1, 0.15) is 9.39 Å². The van der Waals surface area contributed by atoms with Crippen LogP contribution in [0.1, 0.15) is 34.8 Å². The summed E-state index contributed by atoms with van der Waals surface area (Å²) in [5.41, 5.74) is 0.852. The smallest absolute Gasteiger partial charge is 0.358 e. The van der Waals surface area contributed by atoms with Crippen molar-refractivity contribution in [2.24, 2.45) is 14.1 Å². The second kappa shape index (κ2) is 9.96. The van der Waals surface area contributed by atoms with Crippen molar-refractivity contribution in [3.8, 4) is 0 Å². The van der Waals surface area contributed by atoms with Crippen LogP contribution in [0.4, 0.5) is 0 Å². The summed E-state index contributed by atoms with van der Waals surface area (Å²) in [6.45, 7) is 4.32. The van der Waals surface area contributed by atoms with Crippen LogP contribution in [0.5, 0.6) is 0 Å². The molecule has 0 saturated carbocycles. The van der Waals surface area contributed by atoms with Crippen LogP contribution in [0.3, 0.4) is 0 Å². The van der Waals surface area contributed by atoms with E-state index in [4.69, 9.17) is 9.47 Å². The first kappa shape index (κ1) is 20.9. The van der Waals surface area contributed by atoms with Gasteiger partial charge in [0.15, 0.2) is 5.69 Å². The van der Waals surface area contributed by atoms with Crippen LogP contribution in [0.25, 0.3) is 0 Å². The monoisotopic (exact) mass is 560 g/mol. The molecule has 0 saturated heterocycles. The molecule has 0 radical (unpaired) electrons. The van der Waals surface area contributed by atoms with Gasteiger partial charge in [-0.05, 0) is 59.0 Å². The van der Waals surface area contributed by atoms with E-state index in [1.807, 2.05) is 22.6 Å². The van der Waals surface area contributed by atoms with E-state index in [2.05, 4.69) is 32.8 Å². The molecule has 0 aromatic carbocycles. The van der Waals surface area contributed by atoms with E-state index < -0.39 is 0 Å². The summed E-state index contributed by atoms with van der Waals surface area (Å²) in [7, 11) is 3.50. The Kier molecular flexibility index (Phi) is 8.66. The van der Waals surface area contributed by atoms with Gasteiger partial charge in [0.05, 0.1) is 16.9 Å². The Morgan fingerprint density at radius 2 is 1.58 bits per heavy atom. The third-order valence-corrected chi connectivity index (χ3v) is 4.18. The lowest BCUT2D eigenvalue weighted by atomic mass is 10.4. The van der Waals surface area contributed by atoms with E-state index in [1.54, 1.807) is 44.8 Å². The normalized spacial score (nSPS) is 9.92. The molecule has 0 N–H and O–H groups in total. The highest BCUT2D eigenvalue weighted by molar-refractivity contribution is 14.1. The number of rotatable bonds is 4. The number of carbonyl (C=O) groups is 2. The summed E-state index contributed by atoms with van der Waals surface area (Å²) in [5, 5.41) is 7.98. The number of hydrogen-bond donors (Lipinski definition) is 0. The minimum atomic E-state index is -0.365. The summed E-state index contributed by atoms with van der Waals surface area (Å²) in [6.07, 6.45) is 0. The van der Waals surface area contributed by atoms with Crippen LogP contribution in [0, 0.1) is 7.40 Å². The summed E-state index contributed by atoms with van der Waals surface area (Å²) < 4.78 is 14.4. The van der Waals surface area contributed by atoms with Gasteiger partial charge in [-0.2, -0.15) is 10.2 Å². The fourth-order valence-corrected chi connectivity index (χ4v) is 2.60. The minimum Gasteiger partial charge on any atom is -0.461 e. The predicted octanol–water partition coefficient (Wildman–Crippen LogP) is 2.40. The molecule has 0 aliphatic heterocycles. The summed E-state index contributed by atoms with van der Waals surface area (Å²) in [4.78, 5) is 22.3. The van der Waals surface area contributed by atoms with Gasteiger partial charge in [-0.3, -0.25) is 9.36 Å².